The number of aryl methyl sites for hydroxylation is 1. The van der Waals surface area contributed by atoms with Crippen LogP contribution in [0.1, 0.15) is 22.9 Å². The molecule has 98 valence electrons. The van der Waals surface area contributed by atoms with Crippen molar-refractivity contribution >= 4 is 33.7 Å². The first-order valence-corrected chi connectivity index (χ1v) is 6.66. The van der Waals surface area contributed by atoms with Crippen LogP contribution < -0.4 is 11.1 Å². The molecule has 0 aliphatic carbocycles. The third kappa shape index (κ3) is 2.12. The second kappa shape index (κ2) is 4.51. The molecule has 0 bridgehead atoms. The number of anilines is 2. The van der Waals surface area contributed by atoms with Crippen LogP contribution in [0.15, 0.2) is 23.0 Å². The molecule has 0 saturated carbocycles. The second-order valence-corrected chi connectivity index (χ2v) is 5.61. The molecule has 0 spiro atoms. The van der Waals surface area contributed by atoms with Crippen LogP contribution in [0.3, 0.4) is 0 Å². The van der Waals surface area contributed by atoms with E-state index in [0.29, 0.717) is 16.7 Å². The monoisotopic (exact) mass is 275 g/mol. The molecule has 1 unspecified atom stereocenters. The standard InChI is InChI=1S/C12H13N5OS/c1-6-5-14-12(19-6)7(2)15-9-4-3-8(13)10-11(9)17-18-16-10/h3-5,7,15H,13H2,1-2H3. The summed E-state index contributed by atoms with van der Waals surface area (Å²) in [4.78, 5) is 5.56. The fourth-order valence-electron chi connectivity index (χ4n) is 1.87. The first-order valence-electron chi connectivity index (χ1n) is 5.85. The maximum atomic E-state index is 5.81. The van der Waals surface area contributed by atoms with Gasteiger partial charge < -0.3 is 11.1 Å². The minimum atomic E-state index is 0.0854. The first kappa shape index (κ1) is 11.9. The lowest BCUT2D eigenvalue weighted by Crippen LogP contribution is -2.06. The van der Waals surface area contributed by atoms with Gasteiger partial charge in [-0.05, 0) is 36.3 Å². The lowest BCUT2D eigenvalue weighted by molar-refractivity contribution is 0.315. The number of nitrogens with one attached hydrogen (secondary N) is 1. The smallest absolute Gasteiger partial charge is 0.160 e. The Balaban J connectivity index is 1.93. The quantitative estimate of drug-likeness (QED) is 0.714. The van der Waals surface area contributed by atoms with Gasteiger partial charge in [0, 0.05) is 11.1 Å². The van der Waals surface area contributed by atoms with Crippen LogP contribution in [0.5, 0.6) is 0 Å². The number of nitrogens with two attached hydrogens (primary N) is 1. The van der Waals surface area contributed by atoms with Crippen molar-refractivity contribution in [2.45, 2.75) is 19.9 Å². The lowest BCUT2D eigenvalue weighted by atomic mass is 10.2. The Morgan fingerprint density at radius 3 is 2.84 bits per heavy atom. The summed E-state index contributed by atoms with van der Waals surface area (Å²) < 4.78 is 4.74. The van der Waals surface area contributed by atoms with E-state index in [1.807, 2.05) is 26.1 Å². The zero-order valence-electron chi connectivity index (χ0n) is 10.5. The van der Waals surface area contributed by atoms with E-state index in [9.17, 15) is 0 Å². The molecule has 1 atom stereocenters. The van der Waals surface area contributed by atoms with Crippen LogP contribution in [0.4, 0.5) is 11.4 Å². The summed E-state index contributed by atoms with van der Waals surface area (Å²) >= 11 is 1.67. The van der Waals surface area contributed by atoms with Gasteiger partial charge in [-0.1, -0.05) is 0 Å². The van der Waals surface area contributed by atoms with Crippen molar-refractivity contribution in [2.24, 2.45) is 0 Å². The Morgan fingerprint density at radius 2 is 2.11 bits per heavy atom. The molecule has 1 aromatic carbocycles. The molecule has 2 aromatic heterocycles. The molecule has 0 radical (unpaired) electrons. The normalized spacial score (nSPS) is 12.7. The molecule has 0 aliphatic rings. The number of benzene rings is 1. The summed E-state index contributed by atoms with van der Waals surface area (Å²) in [5.41, 5.74) is 8.42. The summed E-state index contributed by atoms with van der Waals surface area (Å²) in [6, 6.07) is 3.75. The predicted molar refractivity (Wildman–Crippen MR) is 75.1 cm³/mol. The van der Waals surface area contributed by atoms with E-state index < -0.39 is 0 Å². The topological polar surface area (TPSA) is 89.9 Å². The number of thiazole rings is 1. The van der Waals surface area contributed by atoms with Gasteiger partial charge in [0.25, 0.3) is 0 Å². The molecular formula is C12H13N5OS. The van der Waals surface area contributed by atoms with E-state index in [0.717, 1.165) is 10.7 Å². The van der Waals surface area contributed by atoms with E-state index in [-0.39, 0.29) is 6.04 Å². The van der Waals surface area contributed by atoms with Crippen LogP contribution in [0, 0.1) is 6.92 Å². The Bertz CT molecular complexity index is 720. The van der Waals surface area contributed by atoms with Gasteiger partial charge in [0.05, 0.1) is 17.4 Å². The maximum Gasteiger partial charge on any atom is 0.160 e. The molecule has 2 heterocycles. The summed E-state index contributed by atoms with van der Waals surface area (Å²) in [7, 11) is 0. The SMILES string of the molecule is Cc1cnc(C(C)Nc2ccc(N)c3nonc23)s1. The van der Waals surface area contributed by atoms with Crippen LogP contribution in [0.25, 0.3) is 11.0 Å². The van der Waals surface area contributed by atoms with Crippen molar-refractivity contribution in [3.63, 3.8) is 0 Å². The number of nitrogen functional groups attached to an aromatic ring is 1. The van der Waals surface area contributed by atoms with Gasteiger partial charge in [0.15, 0.2) is 11.0 Å². The van der Waals surface area contributed by atoms with Gasteiger partial charge in [-0.3, -0.25) is 0 Å². The van der Waals surface area contributed by atoms with Gasteiger partial charge in [-0.2, -0.15) is 0 Å². The Morgan fingerprint density at radius 1 is 1.32 bits per heavy atom. The van der Waals surface area contributed by atoms with Gasteiger partial charge in [0.1, 0.15) is 5.01 Å². The molecule has 6 nitrogen and oxygen atoms in total. The molecular weight excluding hydrogens is 262 g/mol. The molecule has 19 heavy (non-hydrogen) atoms. The number of hydrogen-bond donors (Lipinski definition) is 2. The minimum absolute atomic E-state index is 0.0854. The Labute approximate surface area is 113 Å². The summed E-state index contributed by atoms with van der Waals surface area (Å²) in [5.74, 6) is 0. The summed E-state index contributed by atoms with van der Waals surface area (Å²) in [5, 5.41) is 12.1. The average Bonchev–Trinajstić information content (AvgIpc) is 3.01. The van der Waals surface area contributed by atoms with E-state index >= 15 is 0 Å². The van der Waals surface area contributed by atoms with Crippen molar-refractivity contribution in [3.8, 4) is 0 Å². The Kier molecular flexibility index (Phi) is 2.83. The van der Waals surface area contributed by atoms with Gasteiger partial charge >= 0.3 is 0 Å². The molecule has 0 amide bonds. The fourth-order valence-corrected chi connectivity index (χ4v) is 2.65. The van der Waals surface area contributed by atoms with Crippen molar-refractivity contribution in [1.29, 1.82) is 0 Å². The van der Waals surface area contributed by atoms with E-state index in [2.05, 4.69) is 20.6 Å². The summed E-state index contributed by atoms with van der Waals surface area (Å²) in [6.45, 7) is 4.09. The van der Waals surface area contributed by atoms with E-state index in [1.165, 1.54) is 4.88 Å². The molecule has 7 heteroatoms. The summed E-state index contributed by atoms with van der Waals surface area (Å²) in [6.07, 6.45) is 1.87. The molecule has 3 N–H and O–H groups in total. The highest BCUT2D eigenvalue weighted by atomic mass is 32.1. The highest BCUT2D eigenvalue weighted by molar-refractivity contribution is 7.11. The van der Waals surface area contributed by atoms with Gasteiger partial charge in [-0.25, -0.2) is 9.61 Å². The number of aromatic nitrogens is 3. The molecule has 0 aliphatic heterocycles. The largest absolute Gasteiger partial charge is 0.397 e. The highest BCUT2D eigenvalue weighted by Crippen LogP contribution is 2.29. The van der Waals surface area contributed by atoms with Crippen molar-refractivity contribution in [3.05, 3.63) is 28.2 Å². The van der Waals surface area contributed by atoms with Crippen LogP contribution in [-0.2, 0) is 0 Å². The molecule has 3 aromatic rings. The Hall–Kier alpha value is -2.15. The van der Waals surface area contributed by atoms with E-state index in [4.69, 9.17) is 10.4 Å². The predicted octanol–water partition coefficient (Wildman–Crippen LogP) is 2.74. The average molecular weight is 275 g/mol. The highest BCUT2D eigenvalue weighted by Gasteiger charge is 2.14. The lowest BCUT2D eigenvalue weighted by Gasteiger charge is -2.12. The fraction of sp³-hybridized carbons (Fsp3) is 0.250. The zero-order chi connectivity index (χ0) is 13.4. The van der Waals surface area contributed by atoms with Crippen molar-refractivity contribution < 1.29 is 4.63 Å². The number of fused-ring (bicyclic) bond motifs is 1. The van der Waals surface area contributed by atoms with E-state index in [1.54, 1.807) is 17.4 Å². The number of nitrogens with zero attached hydrogens (tertiary/aromatic N) is 3. The van der Waals surface area contributed by atoms with Crippen LogP contribution in [0.2, 0.25) is 0 Å². The zero-order valence-corrected chi connectivity index (χ0v) is 11.4. The molecule has 0 fully saturated rings. The van der Waals surface area contributed by atoms with Crippen molar-refractivity contribution in [1.82, 2.24) is 15.3 Å². The number of rotatable bonds is 3. The molecule has 3 rings (SSSR count). The van der Waals surface area contributed by atoms with Crippen LogP contribution >= 0.6 is 11.3 Å². The second-order valence-electron chi connectivity index (χ2n) is 4.34. The minimum Gasteiger partial charge on any atom is -0.397 e. The number of hydrogen-bond acceptors (Lipinski definition) is 7. The van der Waals surface area contributed by atoms with Gasteiger partial charge in [0.2, 0.25) is 0 Å². The van der Waals surface area contributed by atoms with Crippen molar-refractivity contribution in [2.75, 3.05) is 11.1 Å². The first-order chi connectivity index (χ1) is 9.15. The third-order valence-electron chi connectivity index (χ3n) is 2.83. The van der Waals surface area contributed by atoms with Crippen LogP contribution in [-0.4, -0.2) is 15.3 Å². The maximum absolute atomic E-state index is 5.81. The van der Waals surface area contributed by atoms with Gasteiger partial charge in [-0.15, -0.1) is 11.3 Å². The third-order valence-corrected chi connectivity index (χ3v) is 3.92. The molecule has 0 saturated heterocycles.